The zero-order chi connectivity index (χ0) is 15.7. The van der Waals surface area contributed by atoms with Gasteiger partial charge in [0.15, 0.2) is 0 Å². The first kappa shape index (κ1) is 17.9. The van der Waals surface area contributed by atoms with Crippen molar-refractivity contribution in [3.8, 4) is 0 Å². The highest BCUT2D eigenvalue weighted by Gasteiger charge is 2.08. The third-order valence-electron chi connectivity index (χ3n) is 3.43. The van der Waals surface area contributed by atoms with Gasteiger partial charge in [-0.3, -0.25) is 4.90 Å². The van der Waals surface area contributed by atoms with E-state index in [1.165, 1.54) is 17.5 Å². The summed E-state index contributed by atoms with van der Waals surface area (Å²) < 4.78 is 0. The second-order valence-corrected chi connectivity index (χ2v) is 6.77. The van der Waals surface area contributed by atoms with Crippen LogP contribution < -0.4 is 5.32 Å². The largest absolute Gasteiger partial charge is 0.312 e. The van der Waals surface area contributed by atoms with Gasteiger partial charge in [-0.1, -0.05) is 37.3 Å². The predicted molar refractivity (Wildman–Crippen MR) is 93.7 cm³/mol. The van der Waals surface area contributed by atoms with Crippen LogP contribution in [0, 0.1) is 0 Å². The Morgan fingerprint density at radius 1 is 1.14 bits per heavy atom. The molecular formula is C19H32N2. The zero-order valence-corrected chi connectivity index (χ0v) is 14.3. The van der Waals surface area contributed by atoms with Gasteiger partial charge in [-0.25, -0.2) is 0 Å². The quantitative estimate of drug-likeness (QED) is 0.691. The second kappa shape index (κ2) is 9.01. The maximum Gasteiger partial charge on any atom is 0.0237 e. The number of rotatable bonds is 9. The Kier molecular flexibility index (Phi) is 7.69. The average Bonchev–Trinajstić information content (AvgIpc) is 2.40. The summed E-state index contributed by atoms with van der Waals surface area (Å²) in [6.07, 6.45) is 4.26. The summed E-state index contributed by atoms with van der Waals surface area (Å²) in [4.78, 5) is 2.43. The van der Waals surface area contributed by atoms with Gasteiger partial charge in [0.1, 0.15) is 0 Å². The average molecular weight is 288 g/mol. The highest BCUT2D eigenvalue weighted by atomic mass is 15.1. The molecule has 0 saturated carbocycles. The summed E-state index contributed by atoms with van der Waals surface area (Å²) in [5.41, 5.74) is 2.99. The summed E-state index contributed by atoms with van der Waals surface area (Å²) in [5, 5.41) is 3.53. The third kappa shape index (κ3) is 8.03. The fraction of sp³-hybridized carbons (Fsp3) is 0.579. The summed E-state index contributed by atoms with van der Waals surface area (Å²) >= 11 is 0. The fourth-order valence-corrected chi connectivity index (χ4v) is 2.39. The van der Waals surface area contributed by atoms with E-state index in [9.17, 15) is 0 Å². The van der Waals surface area contributed by atoms with Gasteiger partial charge < -0.3 is 5.32 Å². The molecule has 2 nitrogen and oxygen atoms in total. The topological polar surface area (TPSA) is 15.3 Å². The van der Waals surface area contributed by atoms with Crippen LogP contribution in [0.5, 0.6) is 0 Å². The van der Waals surface area contributed by atoms with E-state index in [0.29, 0.717) is 0 Å². The van der Waals surface area contributed by atoms with Gasteiger partial charge in [0.25, 0.3) is 0 Å². The van der Waals surface area contributed by atoms with Crippen LogP contribution in [-0.2, 0) is 13.0 Å². The molecule has 1 rings (SSSR count). The fourth-order valence-electron chi connectivity index (χ4n) is 2.39. The third-order valence-corrected chi connectivity index (χ3v) is 3.43. The predicted octanol–water partition coefficient (Wildman–Crippen LogP) is 4.02. The lowest BCUT2D eigenvalue weighted by atomic mass is 10.1. The molecule has 0 aliphatic rings. The Morgan fingerprint density at radius 3 is 2.29 bits per heavy atom. The summed E-state index contributed by atoms with van der Waals surface area (Å²) in [5.74, 6) is 0. The molecule has 21 heavy (non-hydrogen) atoms. The lowest BCUT2D eigenvalue weighted by Crippen LogP contribution is -2.37. The monoisotopic (exact) mass is 288 g/mol. The SMILES string of the molecule is C=CCN(CCC)Cc1ccc(CCNC(C)(C)C)cc1. The van der Waals surface area contributed by atoms with Gasteiger partial charge in [-0.2, -0.15) is 0 Å². The van der Waals surface area contributed by atoms with Crippen molar-refractivity contribution in [1.82, 2.24) is 10.2 Å². The number of nitrogens with zero attached hydrogens (tertiary/aromatic N) is 1. The molecule has 0 saturated heterocycles. The van der Waals surface area contributed by atoms with Crippen molar-refractivity contribution in [2.45, 2.75) is 52.6 Å². The molecule has 0 atom stereocenters. The highest BCUT2D eigenvalue weighted by molar-refractivity contribution is 5.22. The van der Waals surface area contributed by atoms with Crippen LogP contribution in [0.4, 0.5) is 0 Å². The highest BCUT2D eigenvalue weighted by Crippen LogP contribution is 2.09. The molecule has 0 aliphatic carbocycles. The Labute approximate surface area is 131 Å². The van der Waals surface area contributed by atoms with E-state index < -0.39 is 0 Å². The van der Waals surface area contributed by atoms with Gasteiger partial charge in [-0.15, -0.1) is 6.58 Å². The van der Waals surface area contributed by atoms with E-state index in [1.807, 2.05) is 6.08 Å². The van der Waals surface area contributed by atoms with Gasteiger partial charge in [0.2, 0.25) is 0 Å². The Bertz CT molecular complexity index is 401. The number of hydrogen-bond acceptors (Lipinski definition) is 2. The lowest BCUT2D eigenvalue weighted by Gasteiger charge is -2.21. The van der Waals surface area contributed by atoms with Crippen molar-refractivity contribution >= 4 is 0 Å². The molecule has 1 N–H and O–H groups in total. The number of hydrogen-bond donors (Lipinski definition) is 1. The van der Waals surface area contributed by atoms with Crippen molar-refractivity contribution in [3.05, 3.63) is 48.0 Å². The van der Waals surface area contributed by atoms with Crippen LogP contribution in [0.25, 0.3) is 0 Å². The first-order chi connectivity index (χ1) is 9.94. The summed E-state index contributed by atoms with van der Waals surface area (Å²) in [7, 11) is 0. The molecule has 0 spiro atoms. The lowest BCUT2D eigenvalue weighted by molar-refractivity contribution is 0.295. The Hall–Kier alpha value is -1.12. The maximum absolute atomic E-state index is 3.84. The van der Waals surface area contributed by atoms with Crippen molar-refractivity contribution in [1.29, 1.82) is 0 Å². The first-order valence-electron chi connectivity index (χ1n) is 8.10. The molecule has 118 valence electrons. The van der Waals surface area contributed by atoms with Crippen molar-refractivity contribution in [2.24, 2.45) is 0 Å². The van der Waals surface area contributed by atoms with Gasteiger partial charge >= 0.3 is 0 Å². The maximum atomic E-state index is 3.84. The molecule has 1 aromatic carbocycles. The molecule has 1 aromatic rings. The van der Waals surface area contributed by atoms with Crippen LogP contribution in [0.1, 0.15) is 45.2 Å². The Morgan fingerprint density at radius 2 is 1.76 bits per heavy atom. The molecule has 0 aliphatic heterocycles. The van der Waals surface area contributed by atoms with Crippen LogP contribution in [0.3, 0.4) is 0 Å². The summed E-state index contributed by atoms with van der Waals surface area (Å²) in [6, 6.07) is 9.05. The Balaban J connectivity index is 2.47. The van der Waals surface area contributed by atoms with Crippen LogP contribution >= 0.6 is 0 Å². The van der Waals surface area contributed by atoms with Crippen LogP contribution in [0.2, 0.25) is 0 Å². The van der Waals surface area contributed by atoms with Crippen molar-refractivity contribution in [2.75, 3.05) is 19.6 Å². The summed E-state index contributed by atoms with van der Waals surface area (Å²) in [6.45, 7) is 16.8. The normalized spacial score (nSPS) is 11.9. The van der Waals surface area contributed by atoms with Crippen molar-refractivity contribution in [3.63, 3.8) is 0 Å². The number of nitrogens with one attached hydrogen (secondary N) is 1. The standard InChI is InChI=1S/C19H32N2/c1-6-14-21(15-7-2)16-18-10-8-17(9-11-18)12-13-20-19(3,4)5/h6,8-11,20H,1,7,12-16H2,2-5H3. The molecule has 0 heterocycles. The van der Waals surface area contributed by atoms with Gasteiger partial charge in [-0.05, 0) is 57.8 Å². The van der Waals surface area contributed by atoms with Crippen LogP contribution in [-0.4, -0.2) is 30.1 Å². The zero-order valence-electron chi connectivity index (χ0n) is 14.3. The minimum Gasteiger partial charge on any atom is -0.312 e. The minimum absolute atomic E-state index is 0.200. The van der Waals surface area contributed by atoms with E-state index in [2.05, 4.69) is 68.8 Å². The van der Waals surface area contributed by atoms with E-state index >= 15 is 0 Å². The molecule has 0 aromatic heterocycles. The van der Waals surface area contributed by atoms with E-state index in [4.69, 9.17) is 0 Å². The van der Waals surface area contributed by atoms with Crippen molar-refractivity contribution < 1.29 is 0 Å². The molecule has 2 heteroatoms. The molecule has 0 amide bonds. The smallest absolute Gasteiger partial charge is 0.0237 e. The molecule has 0 unspecified atom stereocenters. The second-order valence-electron chi connectivity index (χ2n) is 6.77. The van der Waals surface area contributed by atoms with Gasteiger partial charge in [0, 0.05) is 18.6 Å². The molecular weight excluding hydrogens is 256 g/mol. The minimum atomic E-state index is 0.200. The first-order valence-corrected chi connectivity index (χ1v) is 8.10. The van der Waals surface area contributed by atoms with E-state index in [1.54, 1.807) is 0 Å². The van der Waals surface area contributed by atoms with Crippen LogP contribution in [0.15, 0.2) is 36.9 Å². The molecule has 0 fully saturated rings. The van der Waals surface area contributed by atoms with E-state index in [0.717, 1.165) is 32.6 Å². The molecule has 0 bridgehead atoms. The van der Waals surface area contributed by atoms with Gasteiger partial charge in [0.05, 0.1) is 0 Å². The molecule has 0 radical (unpaired) electrons. The van der Waals surface area contributed by atoms with E-state index in [-0.39, 0.29) is 5.54 Å². The number of benzene rings is 1.